The summed E-state index contributed by atoms with van der Waals surface area (Å²) >= 11 is 0. The highest BCUT2D eigenvalue weighted by Gasteiger charge is 2.24. The number of hydrogen-bond acceptors (Lipinski definition) is 7. The number of H-pyrrole nitrogens is 1. The van der Waals surface area contributed by atoms with E-state index in [0.29, 0.717) is 51.6 Å². The molecule has 7 rings (SSSR count). The number of aromatic carboxylic acids is 1. The molecule has 0 aliphatic carbocycles. The minimum absolute atomic E-state index is 0.0994. The molecule has 6 aromatic rings. The van der Waals surface area contributed by atoms with Gasteiger partial charge in [0.05, 0.1) is 21.9 Å². The van der Waals surface area contributed by atoms with Crippen molar-refractivity contribution in [3.63, 3.8) is 0 Å². The normalized spacial score (nSPS) is 15.7. The molecule has 3 N–H and O–H groups in total. The molecule has 0 spiro atoms. The average Bonchev–Trinajstić information content (AvgIpc) is 3.38. The maximum absolute atomic E-state index is 15.6. The Hall–Kier alpha value is -5.26. The lowest BCUT2D eigenvalue weighted by molar-refractivity contribution is 0.0695. The van der Waals surface area contributed by atoms with Crippen molar-refractivity contribution < 1.29 is 23.1 Å². The number of aromatic nitrogens is 2. The first kappa shape index (κ1) is 25.7. The van der Waals surface area contributed by atoms with Crippen LogP contribution in [0.3, 0.4) is 0 Å². The van der Waals surface area contributed by atoms with Crippen LogP contribution in [0, 0.1) is 5.82 Å². The number of aromatic amines is 1. The number of halogens is 1. The van der Waals surface area contributed by atoms with Crippen molar-refractivity contribution in [2.45, 2.75) is 25.3 Å². The molecule has 0 saturated carbocycles. The zero-order valence-electron chi connectivity index (χ0n) is 22.3. The second-order valence-corrected chi connectivity index (χ2v) is 10.5. The Morgan fingerprint density at radius 3 is 2.81 bits per heavy atom. The molecule has 1 aliphatic heterocycles. The van der Waals surface area contributed by atoms with E-state index < -0.39 is 22.8 Å². The number of nitrogens with zero attached hydrogens (tertiary/aromatic N) is 5. The third-order valence-electron chi connectivity index (χ3n) is 8.02. The van der Waals surface area contributed by atoms with Gasteiger partial charge in [-0.15, -0.1) is 0 Å². The van der Waals surface area contributed by atoms with Crippen LogP contribution < -0.4 is 10.7 Å². The fourth-order valence-corrected chi connectivity index (χ4v) is 5.93. The molecule has 13 heteroatoms. The molecule has 3 aromatic heterocycles. The van der Waals surface area contributed by atoms with Gasteiger partial charge in [-0.1, -0.05) is 11.2 Å². The van der Waals surface area contributed by atoms with Crippen LogP contribution in [-0.2, 0) is 0 Å². The average molecular weight is 570 g/mol. The first-order valence-electron chi connectivity index (χ1n) is 13.4. The highest BCUT2D eigenvalue weighted by atomic mass is 19.1. The summed E-state index contributed by atoms with van der Waals surface area (Å²) in [6, 6.07) is 9.70. The van der Waals surface area contributed by atoms with Crippen molar-refractivity contribution in [2.24, 2.45) is 5.11 Å². The molecule has 0 amide bonds. The van der Waals surface area contributed by atoms with Crippen LogP contribution in [0.25, 0.3) is 60.2 Å². The molecule has 1 fully saturated rings. The molecule has 3 aromatic carbocycles. The van der Waals surface area contributed by atoms with Crippen LogP contribution in [0.15, 0.2) is 61.3 Å². The van der Waals surface area contributed by atoms with E-state index in [1.807, 2.05) is 0 Å². The lowest BCUT2D eigenvalue weighted by Crippen LogP contribution is -2.27. The zero-order chi connectivity index (χ0) is 29.1. The van der Waals surface area contributed by atoms with Crippen molar-refractivity contribution >= 4 is 67.1 Å². The van der Waals surface area contributed by atoms with E-state index in [4.69, 9.17) is 14.4 Å². The van der Waals surface area contributed by atoms with Gasteiger partial charge in [-0.05, 0) is 56.6 Å². The Kier molecular flexibility index (Phi) is 5.92. The minimum atomic E-state index is -1.43. The third-order valence-corrected chi connectivity index (χ3v) is 8.02. The largest absolute Gasteiger partial charge is 0.477 e. The molecule has 42 heavy (non-hydrogen) atoms. The van der Waals surface area contributed by atoms with Gasteiger partial charge in [0.2, 0.25) is 5.43 Å². The standard InChI is InChI=1S/C29H24FN7O5/c1-36-8-2-3-15(36)6-7-32-25-18(30)10-16-26-28(25)42-24-11-20-23(12-21(24)37(26)13-17(27(16)38)29(39)40)41-22-9-14(34-35-31)4-5-19(22)33-20/h4-5,9-13,15,32-33H,2-3,6-8H2,1H3,(H,39,40). The summed E-state index contributed by atoms with van der Waals surface area (Å²) in [4.78, 5) is 33.5. The molecule has 212 valence electrons. The number of nitrogens with one attached hydrogen (secondary N) is 2. The number of anilines is 1. The van der Waals surface area contributed by atoms with Gasteiger partial charge >= 0.3 is 5.97 Å². The van der Waals surface area contributed by atoms with Gasteiger partial charge in [-0.3, -0.25) is 4.79 Å². The molecular formula is C29H24FN7O5. The molecule has 1 aliphatic rings. The minimum Gasteiger partial charge on any atom is -0.477 e. The zero-order valence-corrected chi connectivity index (χ0v) is 22.3. The summed E-state index contributed by atoms with van der Waals surface area (Å²) in [5.74, 6) is -2.14. The SMILES string of the molecule is CN1CCCC1CCNc1c(F)cc2c(=O)c(C(=O)O)cn3c4cc5oc6cc(N=[N+]=[N-])ccc6[nH]c5cc4oc1c23. The lowest BCUT2D eigenvalue weighted by Gasteiger charge is -2.20. The molecule has 1 atom stereocenters. The van der Waals surface area contributed by atoms with Gasteiger partial charge in [-0.25, -0.2) is 9.18 Å². The summed E-state index contributed by atoms with van der Waals surface area (Å²) in [7, 11) is 2.08. The molecule has 0 radical (unpaired) electrons. The van der Waals surface area contributed by atoms with Gasteiger partial charge < -0.3 is 33.5 Å². The van der Waals surface area contributed by atoms with Gasteiger partial charge in [0, 0.05) is 41.5 Å². The van der Waals surface area contributed by atoms with E-state index >= 15 is 4.39 Å². The summed E-state index contributed by atoms with van der Waals surface area (Å²) in [6.07, 6.45) is 4.22. The Morgan fingerprint density at radius 1 is 1.21 bits per heavy atom. The van der Waals surface area contributed by atoms with E-state index in [1.165, 1.54) is 10.6 Å². The van der Waals surface area contributed by atoms with Crippen molar-refractivity contribution in [2.75, 3.05) is 25.5 Å². The van der Waals surface area contributed by atoms with Crippen molar-refractivity contribution in [1.82, 2.24) is 14.3 Å². The molecule has 1 unspecified atom stereocenters. The monoisotopic (exact) mass is 569 g/mol. The number of hydrogen-bond donors (Lipinski definition) is 3. The predicted octanol–water partition coefficient (Wildman–Crippen LogP) is 6.66. The number of carboxylic acids is 1. The predicted molar refractivity (Wildman–Crippen MR) is 156 cm³/mol. The van der Waals surface area contributed by atoms with E-state index in [2.05, 4.69) is 32.3 Å². The highest BCUT2D eigenvalue weighted by Crippen LogP contribution is 2.36. The number of pyridine rings is 1. The Bertz CT molecular complexity index is 2220. The lowest BCUT2D eigenvalue weighted by atomic mass is 10.1. The Labute approximate surface area is 235 Å². The van der Waals surface area contributed by atoms with Gasteiger partial charge in [0.1, 0.15) is 16.8 Å². The first-order valence-corrected chi connectivity index (χ1v) is 13.4. The quantitative estimate of drug-likeness (QED) is 0.0663. The second-order valence-electron chi connectivity index (χ2n) is 10.5. The molecule has 1 saturated heterocycles. The maximum Gasteiger partial charge on any atom is 0.341 e. The smallest absolute Gasteiger partial charge is 0.341 e. The number of benzene rings is 3. The van der Waals surface area contributed by atoms with Crippen molar-refractivity contribution in [1.29, 1.82) is 0 Å². The van der Waals surface area contributed by atoms with Crippen LogP contribution in [0.4, 0.5) is 15.8 Å². The molecular weight excluding hydrogens is 545 g/mol. The number of likely N-dealkylation sites (tertiary alicyclic amines) is 1. The van der Waals surface area contributed by atoms with Crippen LogP contribution >= 0.6 is 0 Å². The van der Waals surface area contributed by atoms with Gasteiger partial charge in [-0.2, -0.15) is 0 Å². The van der Waals surface area contributed by atoms with Crippen LogP contribution in [-0.4, -0.2) is 51.5 Å². The van der Waals surface area contributed by atoms with Crippen LogP contribution in [0.5, 0.6) is 0 Å². The summed E-state index contributed by atoms with van der Waals surface area (Å²) < 4.78 is 29.5. The third kappa shape index (κ3) is 4.06. The number of carbonyl (C=O) groups is 1. The van der Waals surface area contributed by atoms with E-state index in [9.17, 15) is 14.7 Å². The highest BCUT2D eigenvalue weighted by molar-refractivity contribution is 6.06. The summed E-state index contributed by atoms with van der Waals surface area (Å²) in [5.41, 5.74) is 11.0. The van der Waals surface area contributed by atoms with Crippen molar-refractivity contribution in [3.8, 4) is 0 Å². The number of azide groups is 1. The summed E-state index contributed by atoms with van der Waals surface area (Å²) in [5, 5.41) is 16.5. The fraction of sp³-hybridized carbons (Fsp3) is 0.241. The first-order chi connectivity index (χ1) is 20.3. The van der Waals surface area contributed by atoms with Crippen LogP contribution in [0.2, 0.25) is 0 Å². The summed E-state index contributed by atoms with van der Waals surface area (Å²) in [6.45, 7) is 1.51. The van der Waals surface area contributed by atoms with Gasteiger partial charge in [0.15, 0.2) is 28.1 Å². The van der Waals surface area contributed by atoms with Crippen LogP contribution in [0.1, 0.15) is 29.6 Å². The molecule has 0 bridgehead atoms. The number of carboxylic acid groups (broad SMARTS) is 1. The fourth-order valence-electron chi connectivity index (χ4n) is 5.93. The Balaban J connectivity index is 1.48. The van der Waals surface area contributed by atoms with Gasteiger partial charge in [0.25, 0.3) is 0 Å². The van der Waals surface area contributed by atoms with E-state index in [1.54, 1.807) is 30.3 Å². The van der Waals surface area contributed by atoms with E-state index in [0.717, 1.165) is 31.9 Å². The topological polar surface area (TPSA) is 165 Å². The Morgan fingerprint density at radius 2 is 2.05 bits per heavy atom. The molecule has 4 heterocycles. The van der Waals surface area contributed by atoms with E-state index in [-0.39, 0.29) is 22.2 Å². The number of fused-ring (bicyclic) bond motifs is 4. The number of rotatable bonds is 6. The maximum atomic E-state index is 15.6. The second kappa shape index (κ2) is 9.68. The van der Waals surface area contributed by atoms with Crippen molar-refractivity contribution in [3.05, 3.63) is 74.6 Å². The molecule has 12 nitrogen and oxygen atoms in total.